The average Bonchev–Trinajstić information content (AvgIpc) is 2.64. The molecule has 0 fully saturated rings. The number of nitrogens with zero attached hydrogens (tertiary/aromatic N) is 4. The van der Waals surface area contributed by atoms with Gasteiger partial charge in [0, 0.05) is 33.2 Å². The second kappa shape index (κ2) is 7.20. The topological polar surface area (TPSA) is 58.4 Å². The summed E-state index contributed by atoms with van der Waals surface area (Å²) in [4.78, 5) is 2.37. The van der Waals surface area contributed by atoms with Gasteiger partial charge in [-0.15, -0.1) is 6.58 Å². The molecule has 0 radical (unpaired) electrons. The van der Waals surface area contributed by atoms with Crippen molar-refractivity contribution in [1.29, 1.82) is 0 Å². The van der Waals surface area contributed by atoms with E-state index in [2.05, 4.69) is 11.7 Å². The molecule has 1 aromatic heterocycles. The zero-order valence-corrected chi connectivity index (χ0v) is 14.4. The molecule has 0 spiro atoms. The highest BCUT2D eigenvalue weighted by Crippen LogP contribution is 2.22. The van der Waals surface area contributed by atoms with Crippen molar-refractivity contribution in [1.82, 2.24) is 19.0 Å². The maximum atomic E-state index is 12.8. The highest BCUT2D eigenvalue weighted by Gasteiger charge is 2.29. The third-order valence-corrected chi connectivity index (χ3v) is 5.79. The van der Waals surface area contributed by atoms with Gasteiger partial charge in [0.05, 0.1) is 11.4 Å². The maximum absolute atomic E-state index is 12.8. The first-order valence-electron chi connectivity index (χ1n) is 7.05. The summed E-state index contributed by atoms with van der Waals surface area (Å²) < 4.78 is 28.8. The van der Waals surface area contributed by atoms with Crippen molar-refractivity contribution in [3.63, 3.8) is 0 Å². The van der Waals surface area contributed by atoms with Crippen LogP contribution in [0.2, 0.25) is 0 Å². The summed E-state index contributed by atoms with van der Waals surface area (Å²) in [7, 11) is 0.202. The normalized spacial score (nSPS) is 12.3. The number of aromatic nitrogens is 2. The van der Waals surface area contributed by atoms with Crippen LogP contribution in [-0.4, -0.2) is 60.6 Å². The lowest BCUT2D eigenvalue weighted by molar-refractivity contribution is 0.319. The standard InChI is InChI=1S/C14H26N4O2S/c1-7-9-16(5)10-11-18(8-2)21(19,20)14-12(3)15-17(6)13(14)4/h7H,1,8-11H2,2-6H3. The van der Waals surface area contributed by atoms with Crippen molar-refractivity contribution >= 4 is 10.0 Å². The summed E-state index contributed by atoms with van der Waals surface area (Å²) in [6.45, 7) is 11.4. The van der Waals surface area contributed by atoms with Crippen LogP contribution in [-0.2, 0) is 17.1 Å². The van der Waals surface area contributed by atoms with E-state index >= 15 is 0 Å². The summed E-state index contributed by atoms with van der Waals surface area (Å²) in [6.07, 6.45) is 1.81. The van der Waals surface area contributed by atoms with Gasteiger partial charge in [-0.2, -0.15) is 9.40 Å². The molecule has 0 aliphatic carbocycles. The molecule has 0 saturated carbocycles. The number of hydrogen-bond donors (Lipinski definition) is 0. The van der Waals surface area contributed by atoms with Gasteiger partial charge in [0.2, 0.25) is 10.0 Å². The number of aryl methyl sites for hydroxylation is 2. The van der Waals surface area contributed by atoms with E-state index in [1.165, 1.54) is 4.31 Å². The van der Waals surface area contributed by atoms with Crippen LogP contribution in [0.4, 0.5) is 0 Å². The van der Waals surface area contributed by atoms with Gasteiger partial charge in [-0.1, -0.05) is 13.0 Å². The summed E-state index contributed by atoms with van der Waals surface area (Å²) in [5.74, 6) is 0. The third kappa shape index (κ3) is 3.93. The second-order valence-corrected chi connectivity index (χ2v) is 7.05. The first-order valence-corrected chi connectivity index (χ1v) is 8.49. The number of sulfonamides is 1. The van der Waals surface area contributed by atoms with Crippen LogP contribution in [0.3, 0.4) is 0 Å². The molecule has 120 valence electrons. The van der Waals surface area contributed by atoms with Gasteiger partial charge in [0.25, 0.3) is 0 Å². The summed E-state index contributed by atoms with van der Waals surface area (Å²) in [6, 6.07) is 0. The fourth-order valence-corrected chi connectivity index (χ4v) is 4.14. The lowest BCUT2D eigenvalue weighted by atomic mass is 10.4. The first-order chi connectivity index (χ1) is 9.75. The minimum absolute atomic E-state index is 0.332. The van der Waals surface area contributed by atoms with Crippen LogP contribution >= 0.6 is 0 Å². The molecule has 0 bridgehead atoms. The lowest BCUT2D eigenvalue weighted by Crippen LogP contribution is -2.37. The van der Waals surface area contributed by atoms with Gasteiger partial charge >= 0.3 is 0 Å². The van der Waals surface area contributed by atoms with Gasteiger partial charge in [-0.25, -0.2) is 8.42 Å². The molecular formula is C14H26N4O2S. The third-order valence-electron chi connectivity index (χ3n) is 3.57. The molecule has 0 aliphatic heterocycles. The average molecular weight is 314 g/mol. The van der Waals surface area contributed by atoms with E-state index in [1.54, 1.807) is 31.7 Å². The molecule has 0 saturated heterocycles. The predicted molar refractivity (Wildman–Crippen MR) is 84.8 cm³/mol. The second-order valence-electron chi connectivity index (χ2n) is 5.17. The van der Waals surface area contributed by atoms with Gasteiger partial charge in [0.1, 0.15) is 4.90 Å². The van der Waals surface area contributed by atoms with Crippen LogP contribution in [0.25, 0.3) is 0 Å². The molecule has 0 aromatic carbocycles. The van der Waals surface area contributed by atoms with E-state index < -0.39 is 10.0 Å². The zero-order chi connectivity index (χ0) is 16.2. The quantitative estimate of drug-likeness (QED) is 0.676. The zero-order valence-electron chi connectivity index (χ0n) is 13.6. The highest BCUT2D eigenvalue weighted by atomic mass is 32.2. The fourth-order valence-electron chi connectivity index (χ4n) is 2.30. The molecule has 6 nitrogen and oxygen atoms in total. The Morgan fingerprint density at radius 1 is 1.33 bits per heavy atom. The van der Waals surface area contributed by atoms with E-state index in [1.807, 2.05) is 18.9 Å². The molecule has 0 unspecified atom stereocenters. The Balaban J connectivity index is 3.00. The molecule has 1 aromatic rings. The Bertz CT molecular complexity index is 592. The molecule has 0 amide bonds. The molecule has 0 N–H and O–H groups in total. The van der Waals surface area contributed by atoms with E-state index in [0.717, 1.165) is 6.54 Å². The van der Waals surface area contributed by atoms with E-state index in [9.17, 15) is 8.42 Å². The van der Waals surface area contributed by atoms with E-state index in [0.29, 0.717) is 35.9 Å². The smallest absolute Gasteiger partial charge is 0.246 e. The number of likely N-dealkylation sites (N-methyl/N-ethyl adjacent to an activating group) is 2. The molecular weight excluding hydrogens is 288 g/mol. The van der Waals surface area contributed by atoms with Crippen LogP contribution in [0.1, 0.15) is 18.3 Å². The van der Waals surface area contributed by atoms with Crippen LogP contribution in [0.15, 0.2) is 17.6 Å². The minimum Gasteiger partial charge on any atom is -0.301 e. The Morgan fingerprint density at radius 2 is 1.95 bits per heavy atom. The van der Waals surface area contributed by atoms with Crippen molar-refractivity contribution in [2.45, 2.75) is 25.7 Å². The number of hydrogen-bond acceptors (Lipinski definition) is 4. The highest BCUT2D eigenvalue weighted by molar-refractivity contribution is 7.89. The Kier molecular flexibility index (Phi) is 6.12. The van der Waals surface area contributed by atoms with Crippen LogP contribution < -0.4 is 0 Å². The van der Waals surface area contributed by atoms with Gasteiger partial charge in [-0.3, -0.25) is 4.68 Å². The summed E-state index contributed by atoms with van der Waals surface area (Å²) in [5.41, 5.74) is 1.22. The van der Waals surface area contributed by atoms with Gasteiger partial charge in [-0.05, 0) is 20.9 Å². The minimum atomic E-state index is -3.50. The van der Waals surface area contributed by atoms with Crippen molar-refractivity contribution in [3.8, 4) is 0 Å². The molecule has 1 heterocycles. The predicted octanol–water partition coefficient (Wildman–Crippen LogP) is 1.17. The molecule has 7 heteroatoms. The lowest BCUT2D eigenvalue weighted by Gasteiger charge is -2.23. The van der Waals surface area contributed by atoms with Gasteiger partial charge < -0.3 is 4.90 Å². The van der Waals surface area contributed by atoms with Gasteiger partial charge in [0.15, 0.2) is 0 Å². The SMILES string of the molecule is C=CCN(C)CCN(CC)S(=O)(=O)c1c(C)nn(C)c1C. The largest absolute Gasteiger partial charge is 0.301 e. The molecule has 0 atom stereocenters. The van der Waals surface area contributed by atoms with Crippen molar-refractivity contribution in [2.24, 2.45) is 7.05 Å². The fraction of sp³-hybridized carbons (Fsp3) is 0.643. The molecule has 1 rings (SSSR count). The number of rotatable bonds is 8. The Morgan fingerprint density at radius 3 is 2.38 bits per heavy atom. The monoisotopic (exact) mass is 314 g/mol. The Labute approximate surface area is 128 Å². The Hall–Kier alpha value is -1.18. The van der Waals surface area contributed by atoms with Crippen molar-refractivity contribution in [2.75, 3.05) is 33.2 Å². The summed E-state index contributed by atoms with van der Waals surface area (Å²) >= 11 is 0. The van der Waals surface area contributed by atoms with Crippen molar-refractivity contribution < 1.29 is 8.42 Å². The van der Waals surface area contributed by atoms with E-state index in [-0.39, 0.29) is 0 Å². The first kappa shape index (κ1) is 17.9. The summed E-state index contributed by atoms with van der Waals surface area (Å²) in [5, 5.41) is 4.21. The molecule has 0 aliphatic rings. The maximum Gasteiger partial charge on any atom is 0.246 e. The van der Waals surface area contributed by atoms with Crippen LogP contribution in [0.5, 0.6) is 0 Å². The van der Waals surface area contributed by atoms with E-state index in [4.69, 9.17) is 0 Å². The van der Waals surface area contributed by atoms with Crippen LogP contribution in [0, 0.1) is 13.8 Å². The van der Waals surface area contributed by atoms with Crippen molar-refractivity contribution in [3.05, 3.63) is 24.0 Å². The molecule has 21 heavy (non-hydrogen) atoms.